The van der Waals surface area contributed by atoms with E-state index in [0.717, 1.165) is 37.6 Å². The molecule has 1 aromatic heterocycles. The first-order valence-corrected chi connectivity index (χ1v) is 8.20. The number of nitrogens with one attached hydrogen (secondary N) is 1. The minimum Gasteiger partial charge on any atom is -0.465 e. The van der Waals surface area contributed by atoms with Crippen LogP contribution in [0.4, 0.5) is 17.5 Å². The lowest BCUT2D eigenvalue weighted by molar-refractivity contribution is 0.0601. The molecule has 1 fully saturated rings. The number of hydrogen-bond acceptors (Lipinski definition) is 6. The normalized spacial score (nSPS) is 13.9. The molecule has 0 radical (unpaired) electrons. The van der Waals surface area contributed by atoms with Crippen molar-refractivity contribution in [2.24, 2.45) is 0 Å². The van der Waals surface area contributed by atoms with Gasteiger partial charge in [-0.15, -0.1) is 0 Å². The number of anilines is 3. The summed E-state index contributed by atoms with van der Waals surface area (Å²) in [7, 11) is 1.35. The van der Waals surface area contributed by atoms with Gasteiger partial charge in [0, 0.05) is 24.8 Å². The van der Waals surface area contributed by atoms with Crippen LogP contribution < -0.4 is 10.2 Å². The summed E-state index contributed by atoms with van der Waals surface area (Å²) in [4.78, 5) is 22.9. The van der Waals surface area contributed by atoms with Gasteiger partial charge in [-0.3, -0.25) is 0 Å². The van der Waals surface area contributed by atoms with E-state index >= 15 is 0 Å². The second-order valence-electron chi connectivity index (χ2n) is 5.70. The van der Waals surface area contributed by atoms with Gasteiger partial charge in [-0.2, -0.15) is 4.98 Å². The lowest BCUT2D eigenvalue weighted by Crippen LogP contribution is -2.21. The summed E-state index contributed by atoms with van der Waals surface area (Å²) in [5.74, 6) is 0.954. The Kier molecular flexibility index (Phi) is 4.85. The van der Waals surface area contributed by atoms with Crippen molar-refractivity contribution in [2.45, 2.75) is 19.8 Å². The molecule has 2 heterocycles. The van der Waals surface area contributed by atoms with Crippen molar-refractivity contribution in [3.63, 3.8) is 0 Å². The smallest absolute Gasteiger partial charge is 0.337 e. The Labute approximate surface area is 145 Å². The summed E-state index contributed by atoms with van der Waals surface area (Å²) in [5.41, 5.74) is 1.90. The highest BCUT2D eigenvalue weighted by Crippen LogP contribution is 2.27. The van der Waals surface area contributed by atoms with Gasteiger partial charge in [-0.05, 0) is 38.0 Å². The Morgan fingerprint density at radius 1 is 1.25 bits per heavy atom. The summed E-state index contributed by atoms with van der Waals surface area (Å²) >= 11 is 6.23. The molecular weight excluding hydrogens is 328 g/mol. The highest BCUT2D eigenvalue weighted by molar-refractivity contribution is 6.33. The van der Waals surface area contributed by atoms with Crippen LogP contribution >= 0.6 is 11.6 Å². The minimum atomic E-state index is -0.411. The first-order chi connectivity index (χ1) is 11.6. The number of hydrogen-bond donors (Lipinski definition) is 1. The fourth-order valence-electron chi connectivity index (χ4n) is 2.68. The molecular formula is C17H19ClN4O2. The van der Waals surface area contributed by atoms with Gasteiger partial charge in [0.05, 0.1) is 23.4 Å². The molecule has 0 amide bonds. The molecule has 6 nitrogen and oxygen atoms in total. The van der Waals surface area contributed by atoms with Gasteiger partial charge in [-0.1, -0.05) is 11.6 Å². The molecule has 0 unspecified atom stereocenters. The maximum absolute atomic E-state index is 11.7. The SMILES string of the molecule is COC(=O)c1ccc(Cl)c(Nc2cc(C)nc(N3CCCC3)n2)c1. The molecule has 2 aromatic rings. The molecule has 1 aromatic carbocycles. The lowest BCUT2D eigenvalue weighted by atomic mass is 10.2. The predicted molar refractivity (Wildman–Crippen MR) is 94.3 cm³/mol. The van der Waals surface area contributed by atoms with Gasteiger partial charge >= 0.3 is 5.97 Å². The molecule has 7 heteroatoms. The van der Waals surface area contributed by atoms with Crippen molar-refractivity contribution in [3.8, 4) is 0 Å². The molecule has 3 rings (SSSR count). The first-order valence-electron chi connectivity index (χ1n) is 7.82. The van der Waals surface area contributed by atoms with E-state index in [1.54, 1.807) is 18.2 Å². The third-order valence-corrected chi connectivity index (χ3v) is 4.21. The monoisotopic (exact) mass is 346 g/mol. The molecule has 1 saturated heterocycles. The van der Waals surface area contributed by atoms with Crippen molar-refractivity contribution in [1.29, 1.82) is 0 Å². The minimum absolute atomic E-state index is 0.411. The number of aryl methyl sites for hydroxylation is 1. The summed E-state index contributed by atoms with van der Waals surface area (Å²) in [6.07, 6.45) is 2.32. The lowest BCUT2D eigenvalue weighted by Gasteiger charge is -2.17. The third-order valence-electron chi connectivity index (χ3n) is 3.88. The number of carbonyl (C=O) groups is 1. The van der Waals surface area contributed by atoms with E-state index in [9.17, 15) is 4.79 Å². The van der Waals surface area contributed by atoms with Gasteiger partial charge in [0.1, 0.15) is 5.82 Å². The molecule has 126 valence electrons. The highest BCUT2D eigenvalue weighted by atomic mass is 35.5. The molecule has 0 atom stereocenters. The molecule has 1 N–H and O–H groups in total. The molecule has 24 heavy (non-hydrogen) atoms. The summed E-state index contributed by atoms with van der Waals surface area (Å²) < 4.78 is 4.74. The first kappa shape index (κ1) is 16.5. The number of ether oxygens (including phenoxy) is 1. The average Bonchev–Trinajstić information content (AvgIpc) is 3.10. The zero-order valence-electron chi connectivity index (χ0n) is 13.7. The largest absolute Gasteiger partial charge is 0.465 e. The summed E-state index contributed by atoms with van der Waals surface area (Å²) in [6.45, 7) is 3.88. The van der Waals surface area contributed by atoms with Crippen LogP contribution in [-0.2, 0) is 4.74 Å². The van der Waals surface area contributed by atoms with Crippen LogP contribution in [0.3, 0.4) is 0 Å². The number of nitrogens with zero attached hydrogens (tertiary/aromatic N) is 3. The summed E-state index contributed by atoms with van der Waals surface area (Å²) in [6, 6.07) is 6.79. The molecule has 1 aliphatic rings. The van der Waals surface area contributed by atoms with Crippen molar-refractivity contribution in [1.82, 2.24) is 9.97 Å². The van der Waals surface area contributed by atoms with Gasteiger partial charge < -0.3 is 15.0 Å². The Morgan fingerprint density at radius 2 is 2.00 bits per heavy atom. The molecule has 0 bridgehead atoms. The molecule has 0 aliphatic carbocycles. The van der Waals surface area contributed by atoms with E-state index in [0.29, 0.717) is 22.1 Å². The fourth-order valence-corrected chi connectivity index (χ4v) is 2.84. The molecule has 1 aliphatic heterocycles. The maximum atomic E-state index is 11.7. The van der Waals surface area contributed by atoms with Crippen LogP contribution in [0.25, 0.3) is 0 Å². The topological polar surface area (TPSA) is 67.3 Å². The predicted octanol–water partition coefficient (Wildman–Crippen LogP) is 3.57. The van der Waals surface area contributed by atoms with Crippen LogP contribution in [-0.4, -0.2) is 36.1 Å². The van der Waals surface area contributed by atoms with Crippen molar-refractivity contribution in [2.75, 3.05) is 30.4 Å². The number of aromatic nitrogens is 2. The standard InChI is InChI=1S/C17H19ClN4O2/c1-11-9-15(21-17(19-11)22-7-3-4-8-22)20-14-10-12(16(23)24-2)5-6-13(14)18/h5-6,9-10H,3-4,7-8H2,1-2H3,(H,19,20,21). The number of halogens is 1. The van der Waals surface area contributed by atoms with Gasteiger partial charge in [0.25, 0.3) is 0 Å². The Morgan fingerprint density at radius 3 is 2.71 bits per heavy atom. The van der Waals surface area contributed by atoms with Gasteiger partial charge in [-0.25, -0.2) is 9.78 Å². The Balaban J connectivity index is 1.89. The van der Waals surface area contributed by atoms with E-state index in [1.165, 1.54) is 7.11 Å². The van der Waals surface area contributed by atoms with Crippen molar-refractivity contribution < 1.29 is 9.53 Å². The van der Waals surface area contributed by atoms with Crippen molar-refractivity contribution in [3.05, 3.63) is 40.5 Å². The van der Waals surface area contributed by atoms with Crippen molar-refractivity contribution >= 4 is 35.0 Å². The van der Waals surface area contributed by atoms with E-state index in [1.807, 2.05) is 13.0 Å². The molecule has 0 saturated carbocycles. The second kappa shape index (κ2) is 7.05. The van der Waals surface area contributed by atoms with Crippen LogP contribution in [0.5, 0.6) is 0 Å². The number of rotatable bonds is 4. The fraction of sp³-hybridized carbons (Fsp3) is 0.353. The zero-order valence-corrected chi connectivity index (χ0v) is 14.4. The number of benzene rings is 1. The quantitative estimate of drug-likeness (QED) is 0.854. The summed E-state index contributed by atoms with van der Waals surface area (Å²) in [5, 5.41) is 3.68. The van der Waals surface area contributed by atoms with Crippen LogP contribution in [0, 0.1) is 6.92 Å². The van der Waals surface area contributed by atoms with Crippen LogP contribution in [0.2, 0.25) is 5.02 Å². The third kappa shape index (κ3) is 3.59. The number of carbonyl (C=O) groups excluding carboxylic acids is 1. The maximum Gasteiger partial charge on any atom is 0.337 e. The van der Waals surface area contributed by atoms with Gasteiger partial charge in [0.2, 0.25) is 5.95 Å². The number of methoxy groups -OCH3 is 1. The van der Waals surface area contributed by atoms with Gasteiger partial charge in [0.15, 0.2) is 0 Å². The van der Waals surface area contributed by atoms with Crippen LogP contribution in [0.1, 0.15) is 28.9 Å². The zero-order chi connectivity index (χ0) is 17.1. The highest BCUT2D eigenvalue weighted by Gasteiger charge is 2.16. The average molecular weight is 347 g/mol. The van der Waals surface area contributed by atoms with E-state index in [2.05, 4.69) is 20.2 Å². The second-order valence-corrected chi connectivity index (χ2v) is 6.11. The number of esters is 1. The van der Waals surface area contributed by atoms with E-state index in [-0.39, 0.29) is 0 Å². The Hall–Kier alpha value is -2.34. The Bertz CT molecular complexity index is 760. The van der Waals surface area contributed by atoms with E-state index in [4.69, 9.17) is 16.3 Å². The molecule has 0 spiro atoms. The van der Waals surface area contributed by atoms with Crippen LogP contribution in [0.15, 0.2) is 24.3 Å². The van der Waals surface area contributed by atoms with E-state index < -0.39 is 5.97 Å².